The number of hydrogen-bond donors (Lipinski definition) is 0. The second-order valence-corrected chi connectivity index (χ2v) is 7.11. The number of benzene rings is 2. The second-order valence-electron chi connectivity index (χ2n) is 5.16. The summed E-state index contributed by atoms with van der Waals surface area (Å²) in [5.74, 6) is 1.34. The van der Waals surface area contributed by atoms with Crippen molar-refractivity contribution < 1.29 is 18.3 Å². The first-order valence-electron chi connectivity index (χ1n) is 7.38. The zero-order valence-electron chi connectivity index (χ0n) is 13.9. The van der Waals surface area contributed by atoms with E-state index >= 15 is 0 Å². The Kier molecular flexibility index (Phi) is 7.24. The van der Waals surface area contributed by atoms with Crippen molar-refractivity contribution in [1.82, 2.24) is 0 Å². The first-order valence-corrected chi connectivity index (χ1v) is 9.59. The number of thioether (sulfide) groups is 1. The Morgan fingerprint density at radius 3 is 1.96 bits per heavy atom. The molecular weight excluding hydrogens is 350 g/mol. The van der Waals surface area contributed by atoms with Crippen LogP contribution in [0.25, 0.3) is 0 Å². The minimum Gasteiger partial charge on any atom is -0.462 e. The van der Waals surface area contributed by atoms with E-state index in [4.69, 9.17) is 9.47 Å². The quantitative estimate of drug-likeness (QED) is 0.573. The van der Waals surface area contributed by atoms with Gasteiger partial charge < -0.3 is 9.47 Å². The monoisotopic (exact) mass is 370 g/mol. The number of hydrogen-bond acceptors (Lipinski definition) is 4. The summed E-state index contributed by atoms with van der Waals surface area (Å²) >= 11 is 3.07. The van der Waals surface area contributed by atoms with E-state index < -0.39 is 13.7 Å². The first kappa shape index (κ1) is 18.9. The first-order chi connectivity index (χ1) is 11.6. The van der Waals surface area contributed by atoms with Crippen LogP contribution in [-0.4, -0.2) is 20.0 Å². The summed E-state index contributed by atoms with van der Waals surface area (Å²) in [4.78, 5) is 1.94. The Morgan fingerprint density at radius 1 is 0.958 bits per heavy atom. The minimum absolute atomic E-state index is 0.395. The molecule has 0 aromatic heterocycles. The standard InChI is InChI=1S/C18H20F2O2S2/c1-12-5-4-6-13(2)18(12)24-14-7-16(21-10-19)15(9-23-3)17(8-14)22-11-20/h4-8H,9-11H2,1-3H3. The lowest BCUT2D eigenvalue weighted by atomic mass is 10.2. The summed E-state index contributed by atoms with van der Waals surface area (Å²) in [6.07, 6.45) is 1.91. The molecule has 0 aliphatic heterocycles. The molecule has 0 saturated carbocycles. The van der Waals surface area contributed by atoms with Gasteiger partial charge in [0.1, 0.15) is 11.5 Å². The Balaban J connectivity index is 2.46. The maximum absolute atomic E-state index is 12.8. The zero-order chi connectivity index (χ0) is 17.5. The molecule has 130 valence electrons. The molecule has 0 radical (unpaired) electrons. The van der Waals surface area contributed by atoms with Crippen molar-refractivity contribution in [3.8, 4) is 11.5 Å². The molecule has 0 fully saturated rings. The van der Waals surface area contributed by atoms with Crippen LogP contribution in [0.5, 0.6) is 11.5 Å². The highest BCUT2D eigenvalue weighted by Gasteiger charge is 2.15. The van der Waals surface area contributed by atoms with Crippen LogP contribution in [0.4, 0.5) is 8.78 Å². The lowest BCUT2D eigenvalue weighted by molar-refractivity contribution is 0.179. The number of ether oxygens (including phenoxy) is 2. The average Bonchev–Trinajstić information content (AvgIpc) is 2.55. The van der Waals surface area contributed by atoms with Gasteiger partial charge in [-0.2, -0.15) is 11.8 Å². The van der Waals surface area contributed by atoms with Crippen LogP contribution < -0.4 is 9.47 Å². The Hall–Kier alpha value is -1.40. The molecule has 0 N–H and O–H groups in total. The van der Waals surface area contributed by atoms with Gasteiger partial charge in [0, 0.05) is 21.1 Å². The predicted molar refractivity (Wildman–Crippen MR) is 96.9 cm³/mol. The highest BCUT2D eigenvalue weighted by Crippen LogP contribution is 2.41. The molecule has 0 bridgehead atoms. The van der Waals surface area contributed by atoms with E-state index in [0.29, 0.717) is 22.8 Å². The predicted octanol–water partition coefficient (Wildman–Crippen LogP) is 5.93. The molecule has 0 aliphatic rings. The highest BCUT2D eigenvalue weighted by atomic mass is 32.2. The average molecular weight is 370 g/mol. The van der Waals surface area contributed by atoms with Crippen molar-refractivity contribution in [3.05, 3.63) is 47.0 Å². The molecule has 0 amide bonds. The Bertz CT molecular complexity index is 645. The lowest BCUT2D eigenvalue weighted by Crippen LogP contribution is -2.01. The molecule has 0 spiro atoms. The Morgan fingerprint density at radius 2 is 1.50 bits per heavy atom. The normalized spacial score (nSPS) is 10.7. The zero-order valence-corrected chi connectivity index (χ0v) is 15.5. The van der Waals surface area contributed by atoms with Crippen molar-refractivity contribution in [2.24, 2.45) is 0 Å². The summed E-state index contributed by atoms with van der Waals surface area (Å²) in [5, 5.41) is 0. The summed E-state index contributed by atoms with van der Waals surface area (Å²) in [7, 11) is 0. The second kappa shape index (κ2) is 9.18. The van der Waals surface area contributed by atoms with Gasteiger partial charge in [-0.05, 0) is 43.4 Å². The molecule has 2 nitrogen and oxygen atoms in total. The van der Waals surface area contributed by atoms with Crippen LogP contribution in [0.1, 0.15) is 16.7 Å². The van der Waals surface area contributed by atoms with E-state index in [1.165, 1.54) is 23.5 Å². The van der Waals surface area contributed by atoms with Gasteiger partial charge in [0.2, 0.25) is 13.7 Å². The fraction of sp³-hybridized carbons (Fsp3) is 0.333. The summed E-state index contributed by atoms with van der Waals surface area (Å²) in [5.41, 5.74) is 2.96. The molecule has 2 aromatic rings. The number of aryl methyl sites for hydroxylation is 2. The van der Waals surface area contributed by atoms with Gasteiger partial charge in [-0.25, -0.2) is 8.78 Å². The van der Waals surface area contributed by atoms with Gasteiger partial charge in [-0.3, -0.25) is 0 Å². The Labute approximate surface area is 149 Å². The van der Waals surface area contributed by atoms with Gasteiger partial charge in [0.05, 0.1) is 0 Å². The van der Waals surface area contributed by atoms with Crippen LogP contribution in [0.2, 0.25) is 0 Å². The fourth-order valence-corrected chi connectivity index (χ4v) is 3.99. The molecule has 0 unspecified atom stereocenters. The third-order valence-corrected chi connectivity index (χ3v) is 5.38. The van der Waals surface area contributed by atoms with E-state index in [-0.39, 0.29) is 0 Å². The van der Waals surface area contributed by atoms with E-state index in [9.17, 15) is 8.78 Å². The van der Waals surface area contributed by atoms with Crippen LogP contribution in [0, 0.1) is 13.8 Å². The molecule has 0 heterocycles. The summed E-state index contributed by atoms with van der Waals surface area (Å²) in [6.45, 7) is 2.20. The third kappa shape index (κ3) is 4.57. The van der Waals surface area contributed by atoms with E-state index in [1.807, 2.05) is 38.3 Å². The molecule has 0 saturated heterocycles. The van der Waals surface area contributed by atoms with Gasteiger partial charge in [0.25, 0.3) is 0 Å². The minimum atomic E-state index is -0.937. The topological polar surface area (TPSA) is 18.5 Å². The van der Waals surface area contributed by atoms with Gasteiger partial charge >= 0.3 is 0 Å². The molecule has 0 aliphatic carbocycles. The summed E-state index contributed by atoms with van der Waals surface area (Å²) < 4.78 is 35.7. The van der Waals surface area contributed by atoms with E-state index in [0.717, 1.165) is 20.9 Å². The van der Waals surface area contributed by atoms with Crippen LogP contribution in [0.3, 0.4) is 0 Å². The molecule has 0 atom stereocenters. The lowest BCUT2D eigenvalue weighted by Gasteiger charge is -2.16. The van der Waals surface area contributed by atoms with Crippen molar-refractivity contribution in [2.75, 3.05) is 20.0 Å². The highest BCUT2D eigenvalue weighted by molar-refractivity contribution is 7.99. The third-order valence-electron chi connectivity index (χ3n) is 3.48. The van der Waals surface area contributed by atoms with E-state index in [1.54, 1.807) is 12.1 Å². The molecule has 6 heteroatoms. The van der Waals surface area contributed by atoms with Gasteiger partial charge in [-0.15, -0.1) is 0 Å². The van der Waals surface area contributed by atoms with Gasteiger partial charge in [-0.1, -0.05) is 30.0 Å². The van der Waals surface area contributed by atoms with Crippen molar-refractivity contribution >= 4 is 23.5 Å². The van der Waals surface area contributed by atoms with E-state index in [2.05, 4.69) is 0 Å². The largest absolute Gasteiger partial charge is 0.462 e. The van der Waals surface area contributed by atoms with Gasteiger partial charge in [0.15, 0.2) is 0 Å². The summed E-state index contributed by atoms with van der Waals surface area (Å²) in [6, 6.07) is 9.65. The maximum Gasteiger partial charge on any atom is 0.228 e. The smallest absolute Gasteiger partial charge is 0.228 e. The number of alkyl halides is 2. The molecule has 2 aromatic carbocycles. The molecule has 2 rings (SSSR count). The van der Waals surface area contributed by atoms with Crippen molar-refractivity contribution in [2.45, 2.75) is 29.4 Å². The number of halogens is 2. The molecular formula is C18H20F2O2S2. The van der Waals surface area contributed by atoms with Crippen molar-refractivity contribution in [3.63, 3.8) is 0 Å². The van der Waals surface area contributed by atoms with Crippen LogP contribution in [-0.2, 0) is 5.75 Å². The van der Waals surface area contributed by atoms with Crippen LogP contribution in [0.15, 0.2) is 40.1 Å². The van der Waals surface area contributed by atoms with Crippen LogP contribution >= 0.6 is 23.5 Å². The molecule has 24 heavy (non-hydrogen) atoms. The van der Waals surface area contributed by atoms with Crippen molar-refractivity contribution in [1.29, 1.82) is 0 Å². The SMILES string of the molecule is CSCc1c(OCF)cc(Sc2c(C)cccc2C)cc1OCF. The number of rotatable bonds is 8. The maximum atomic E-state index is 12.8. The fourth-order valence-electron chi connectivity index (χ4n) is 2.39.